The predicted molar refractivity (Wildman–Crippen MR) is 72.6 cm³/mol. The van der Waals surface area contributed by atoms with Gasteiger partial charge in [-0.25, -0.2) is 0 Å². The first-order chi connectivity index (χ1) is 8.84. The van der Waals surface area contributed by atoms with Crippen LogP contribution in [-0.2, 0) is 9.53 Å². The molecule has 1 aliphatic heterocycles. The van der Waals surface area contributed by atoms with Crippen LogP contribution in [0.3, 0.4) is 0 Å². The molecular formula is C14H26N2O3. The standard InChI is InChI=1S/C14H26N2O3/c1-13(2)10-16(8-11(9-17)19-13)12(18)7-14(15)5-3-4-6-14/h11,17H,3-10,15H2,1-2H3. The van der Waals surface area contributed by atoms with Crippen molar-refractivity contribution >= 4 is 5.91 Å². The molecule has 0 aromatic rings. The molecule has 0 aromatic carbocycles. The number of hydrogen-bond donors (Lipinski definition) is 2. The van der Waals surface area contributed by atoms with Crippen molar-refractivity contribution in [2.24, 2.45) is 5.73 Å². The lowest BCUT2D eigenvalue weighted by Crippen LogP contribution is -2.57. The van der Waals surface area contributed by atoms with Crippen LogP contribution in [0.25, 0.3) is 0 Å². The second-order valence-corrected chi connectivity index (χ2v) is 6.70. The van der Waals surface area contributed by atoms with Crippen LogP contribution in [0.15, 0.2) is 0 Å². The number of rotatable bonds is 3. The Morgan fingerprint density at radius 2 is 2.05 bits per heavy atom. The summed E-state index contributed by atoms with van der Waals surface area (Å²) >= 11 is 0. The van der Waals surface area contributed by atoms with Crippen LogP contribution in [-0.4, -0.2) is 52.9 Å². The van der Waals surface area contributed by atoms with E-state index in [1.807, 2.05) is 13.8 Å². The number of morpholine rings is 1. The van der Waals surface area contributed by atoms with Crippen molar-refractivity contribution < 1.29 is 14.6 Å². The minimum Gasteiger partial charge on any atom is -0.394 e. The van der Waals surface area contributed by atoms with Gasteiger partial charge in [-0.3, -0.25) is 4.79 Å². The molecule has 2 aliphatic rings. The van der Waals surface area contributed by atoms with E-state index in [2.05, 4.69) is 0 Å². The molecule has 1 saturated heterocycles. The Hall–Kier alpha value is -0.650. The summed E-state index contributed by atoms with van der Waals surface area (Å²) in [6.45, 7) is 4.88. The molecule has 1 amide bonds. The SMILES string of the molecule is CC1(C)CN(C(=O)CC2(N)CCCC2)CC(CO)O1. The van der Waals surface area contributed by atoms with Crippen LogP contribution in [0.2, 0.25) is 0 Å². The van der Waals surface area contributed by atoms with Gasteiger partial charge in [0.1, 0.15) is 0 Å². The number of hydrogen-bond acceptors (Lipinski definition) is 4. The summed E-state index contributed by atoms with van der Waals surface area (Å²) in [4.78, 5) is 14.2. The van der Waals surface area contributed by atoms with Crippen molar-refractivity contribution in [1.29, 1.82) is 0 Å². The third kappa shape index (κ3) is 3.68. The van der Waals surface area contributed by atoms with Gasteiger partial charge in [-0.1, -0.05) is 12.8 Å². The summed E-state index contributed by atoms with van der Waals surface area (Å²) in [6, 6.07) is 0. The minimum absolute atomic E-state index is 0.0546. The van der Waals surface area contributed by atoms with Gasteiger partial charge < -0.3 is 20.5 Å². The van der Waals surface area contributed by atoms with E-state index >= 15 is 0 Å². The fraction of sp³-hybridized carbons (Fsp3) is 0.929. The zero-order valence-corrected chi connectivity index (χ0v) is 12.0. The summed E-state index contributed by atoms with van der Waals surface area (Å²) in [5.41, 5.74) is 5.56. The maximum absolute atomic E-state index is 12.4. The molecule has 0 spiro atoms. The molecule has 19 heavy (non-hydrogen) atoms. The third-order valence-corrected chi connectivity index (χ3v) is 4.14. The van der Waals surface area contributed by atoms with E-state index in [-0.39, 0.29) is 24.2 Å². The summed E-state index contributed by atoms with van der Waals surface area (Å²) in [6.07, 6.45) is 4.26. The normalized spacial score (nSPS) is 29.5. The van der Waals surface area contributed by atoms with Gasteiger partial charge in [-0.05, 0) is 26.7 Å². The van der Waals surface area contributed by atoms with Gasteiger partial charge in [0, 0.05) is 25.0 Å². The maximum Gasteiger partial charge on any atom is 0.224 e. The molecule has 1 saturated carbocycles. The zero-order chi connectivity index (χ0) is 14.1. The van der Waals surface area contributed by atoms with E-state index in [1.54, 1.807) is 4.90 Å². The molecular weight excluding hydrogens is 244 g/mol. The quantitative estimate of drug-likeness (QED) is 0.789. The molecule has 1 heterocycles. The highest BCUT2D eigenvalue weighted by atomic mass is 16.5. The van der Waals surface area contributed by atoms with E-state index in [0.717, 1.165) is 25.7 Å². The van der Waals surface area contributed by atoms with Gasteiger partial charge in [0.2, 0.25) is 5.91 Å². The predicted octanol–water partition coefficient (Wildman–Crippen LogP) is 0.646. The Kier molecular flexibility index (Phi) is 4.18. The number of amides is 1. The van der Waals surface area contributed by atoms with Gasteiger partial charge >= 0.3 is 0 Å². The number of aliphatic hydroxyl groups excluding tert-OH is 1. The molecule has 1 unspecified atom stereocenters. The molecule has 1 atom stereocenters. The van der Waals surface area contributed by atoms with Crippen LogP contribution in [0.1, 0.15) is 46.0 Å². The first-order valence-corrected chi connectivity index (χ1v) is 7.19. The van der Waals surface area contributed by atoms with Crippen molar-refractivity contribution in [2.75, 3.05) is 19.7 Å². The van der Waals surface area contributed by atoms with Crippen LogP contribution < -0.4 is 5.73 Å². The Bertz CT molecular complexity index is 338. The van der Waals surface area contributed by atoms with Crippen LogP contribution in [0.4, 0.5) is 0 Å². The maximum atomic E-state index is 12.4. The van der Waals surface area contributed by atoms with Gasteiger partial charge in [0.25, 0.3) is 0 Å². The van der Waals surface area contributed by atoms with Crippen molar-refractivity contribution in [3.63, 3.8) is 0 Å². The van der Waals surface area contributed by atoms with Gasteiger partial charge in [-0.15, -0.1) is 0 Å². The highest BCUT2D eigenvalue weighted by molar-refractivity contribution is 5.77. The number of ether oxygens (including phenoxy) is 1. The van der Waals surface area contributed by atoms with E-state index in [4.69, 9.17) is 10.5 Å². The third-order valence-electron chi connectivity index (χ3n) is 4.14. The summed E-state index contributed by atoms with van der Waals surface area (Å²) < 4.78 is 5.72. The first kappa shape index (κ1) is 14.8. The Labute approximate surface area is 115 Å². The summed E-state index contributed by atoms with van der Waals surface area (Å²) in [7, 11) is 0. The highest BCUT2D eigenvalue weighted by Gasteiger charge is 2.38. The fourth-order valence-corrected chi connectivity index (χ4v) is 3.25. The molecule has 0 radical (unpaired) electrons. The van der Waals surface area contributed by atoms with E-state index in [0.29, 0.717) is 19.5 Å². The van der Waals surface area contributed by atoms with E-state index in [9.17, 15) is 9.90 Å². The van der Waals surface area contributed by atoms with Crippen LogP contribution >= 0.6 is 0 Å². The Balaban J connectivity index is 1.97. The molecule has 0 bridgehead atoms. The lowest BCUT2D eigenvalue weighted by molar-refractivity contribution is -0.167. The van der Waals surface area contributed by atoms with Gasteiger partial charge in [0.05, 0.1) is 18.3 Å². The Morgan fingerprint density at radius 1 is 1.42 bits per heavy atom. The molecule has 5 heteroatoms. The van der Waals surface area contributed by atoms with Gasteiger partial charge in [0.15, 0.2) is 0 Å². The lowest BCUT2D eigenvalue weighted by Gasteiger charge is -2.43. The second-order valence-electron chi connectivity index (χ2n) is 6.70. The molecule has 0 aromatic heterocycles. The first-order valence-electron chi connectivity index (χ1n) is 7.19. The van der Waals surface area contributed by atoms with Crippen molar-refractivity contribution in [3.05, 3.63) is 0 Å². The molecule has 110 valence electrons. The topological polar surface area (TPSA) is 75.8 Å². The fourth-order valence-electron chi connectivity index (χ4n) is 3.25. The van der Waals surface area contributed by atoms with Crippen LogP contribution in [0.5, 0.6) is 0 Å². The molecule has 2 rings (SSSR count). The molecule has 1 aliphatic carbocycles. The summed E-state index contributed by atoms with van der Waals surface area (Å²) in [5.74, 6) is 0.0965. The molecule has 5 nitrogen and oxygen atoms in total. The minimum atomic E-state index is -0.404. The second kappa shape index (κ2) is 5.38. The van der Waals surface area contributed by atoms with Crippen LogP contribution in [0, 0.1) is 0 Å². The van der Waals surface area contributed by atoms with Crippen molar-refractivity contribution in [3.8, 4) is 0 Å². The van der Waals surface area contributed by atoms with E-state index in [1.165, 1.54) is 0 Å². The van der Waals surface area contributed by atoms with Gasteiger partial charge in [-0.2, -0.15) is 0 Å². The summed E-state index contributed by atoms with van der Waals surface area (Å²) in [5, 5.41) is 9.27. The smallest absolute Gasteiger partial charge is 0.224 e. The largest absolute Gasteiger partial charge is 0.394 e. The number of nitrogens with zero attached hydrogens (tertiary/aromatic N) is 1. The zero-order valence-electron chi connectivity index (χ0n) is 12.0. The molecule has 3 N–H and O–H groups in total. The number of aliphatic hydroxyl groups is 1. The lowest BCUT2D eigenvalue weighted by atomic mass is 9.93. The number of carbonyl (C=O) groups is 1. The number of nitrogens with two attached hydrogens (primary N) is 1. The number of carbonyl (C=O) groups excluding carboxylic acids is 1. The average Bonchev–Trinajstić information content (AvgIpc) is 2.73. The molecule has 2 fully saturated rings. The average molecular weight is 270 g/mol. The van der Waals surface area contributed by atoms with E-state index < -0.39 is 5.60 Å². The Morgan fingerprint density at radius 3 is 2.63 bits per heavy atom. The monoisotopic (exact) mass is 270 g/mol. The highest BCUT2D eigenvalue weighted by Crippen LogP contribution is 2.31. The van der Waals surface area contributed by atoms with Crippen molar-refractivity contribution in [2.45, 2.75) is 63.2 Å². The van der Waals surface area contributed by atoms with Crippen molar-refractivity contribution in [1.82, 2.24) is 4.90 Å².